The largest absolute Gasteiger partial charge is 0.491 e. The first kappa shape index (κ1) is 18.3. The van der Waals surface area contributed by atoms with Crippen LogP contribution in [0.15, 0.2) is 24.3 Å². The number of carbonyl (C=O) groups is 1. The number of likely N-dealkylation sites (N-methyl/N-ethyl adjacent to an activating group) is 1. The monoisotopic (exact) mass is 308 g/mol. The van der Waals surface area contributed by atoms with E-state index in [1.165, 1.54) is 4.90 Å². The van der Waals surface area contributed by atoms with Gasteiger partial charge in [-0.1, -0.05) is 39.0 Å². The molecule has 0 aliphatic carbocycles. The Bertz CT molecular complexity index is 483. The summed E-state index contributed by atoms with van der Waals surface area (Å²) < 4.78 is 5.80. The fourth-order valence-electron chi connectivity index (χ4n) is 1.98. The van der Waals surface area contributed by atoms with Crippen molar-refractivity contribution in [1.29, 1.82) is 0 Å². The van der Waals surface area contributed by atoms with E-state index in [1.807, 2.05) is 18.2 Å². The SMILES string of the molecule is CC(CO)N(C)C(=O)NCCOc1ccccc1C(C)(C)C. The average molecular weight is 308 g/mol. The zero-order valence-corrected chi connectivity index (χ0v) is 14.2. The maximum absolute atomic E-state index is 11.8. The number of aliphatic hydroxyl groups is 1. The first-order valence-electron chi connectivity index (χ1n) is 7.61. The van der Waals surface area contributed by atoms with Crippen molar-refractivity contribution in [2.24, 2.45) is 0 Å². The molecule has 22 heavy (non-hydrogen) atoms. The summed E-state index contributed by atoms with van der Waals surface area (Å²) in [7, 11) is 1.66. The summed E-state index contributed by atoms with van der Waals surface area (Å²) in [4.78, 5) is 13.3. The summed E-state index contributed by atoms with van der Waals surface area (Å²) in [5, 5.41) is 11.8. The van der Waals surface area contributed by atoms with Gasteiger partial charge in [0.1, 0.15) is 12.4 Å². The van der Waals surface area contributed by atoms with Gasteiger partial charge in [-0.15, -0.1) is 0 Å². The Balaban J connectivity index is 2.48. The van der Waals surface area contributed by atoms with E-state index in [2.05, 4.69) is 32.2 Å². The van der Waals surface area contributed by atoms with Crippen LogP contribution in [-0.4, -0.2) is 48.9 Å². The molecule has 1 atom stereocenters. The van der Waals surface area contributed by atoms with Crippen LogP contribution in [-0.2, 0) is 5.41 Å². The molecule has 0 spiro atoms. The van der Waals surface area contributed by atoms with Gasteiger partial charge >= 0.3 is 6.03 Å². The van der Waals surface area contributed by atoms with Crippen molar-refractivity contribution < 1.29 is 14.6 Å². The van der Waals surface area contributed by atoms with Gasteiger partial charge in [-0.05, 0) is 24.0 Å². The van der Waals surface area contributed by atoms with Gasteiger partial charge in [-0.25, -0.2) is 4.79 Å². The van der Waals surface area contributed by atoms with Crippen LogP contribution in [0.1, 0.15) is 33.3 Å². The van der Waals surface area contributed by atoms with Crippen LogP contribution >= 0.6 is 0 Å². The number of rotatable bonds is 6. The number of hydrogen-bond donors (Lipinski definition) is 2. The molecule has 5 heteroatoms. The molecule has 2 N–H and O–H groups in total. The van der Waals surface area contributed by atoms with Crippen molar-refractivity contribution in [3.05, 3.63) is 29.8 Å². The van der Waals surface area contributed by atoms with E-state index in [4.69, 9.17) is 9.84 Å². The maximum atomic E-state index is 11.8. The molecular formula is C17H28N2O3. The molecule has 2 amide bonds. The smallest absolute Gasteiger partial charge is 0.317 e. The zero-order chi connectivity index (χ0) is 16.8. The van der Waals surface area contributed by atoms with E-state index in [-0.39, 0.29) is 24.1 Å². The number of ether oxygens (including phenoxy) is 1. The van der Waals surface area contributed by atoms with Crippen LogP contribution in [0.3, 0.4) is 0 Å². The second-order valence-electron chi connectivity index (χ2n) is 6.47. The predicted molar refractivity (Wildman–Crippen MR) is 88.3 cm³/mol. The van der Waals surface area contributed by atoms with Crippen LogP contribution in [0, 0.1) is 0 Å². The summed E-state index contributed by atoms with van der Waals surface area (Å²) in [5.41, 5.74) is 1.16. The van der Waals surface area contributed by atoms with Crippen molar-refractivity contribution in [3.8, 4) is 5.75 Å². The highest BCUT2D eigenvalue weighted by Crippen LogP contribution is 2.30. The second kappa shape index (κ2) is 8.03. The summed E-state index contributed by atoms with van der Waals surface area (Å²) in [6.07, 6.45) is 0. The number of urea groups is 1. The van der Waals surface area contributed by atoms with Gasteiger partial charge in [0.2, 0.25) is 0 Å². The normalized spacial score (nSPS) is 12.6. The molecule has 1 rings (SSSR count). The molecule has 0 aliphatic heterocycles. The molecular weight excluding hydrogens is 280 g/mol. The van der Waals surface area contributed by atoms with E-state index in [0.717, 1.165) is 11.3 Å². The summed E-state index contributed by atoms with van der Waals surface area (Å²) in [5.74, 6) is 0.848. The molecule has 0 aromatic heterocycles. The lowest BCUT2D eigenvalue weighted by Gasteiger charge is -2.24. The van der Waals surface area contributed by atoms with Gasteiger partial charge in [0.15, 0.2) is 0 Å². The average Bonchev–Trinajstić information content (AvgIpc) is 2.49. The Hall–Kier alpha value is -1.75. The summed E-state index contributed by atoms with van der Waals surface area (Å²) in [6, 6.07) is 7.53. The number of benzene rings is 1. The third kappa shape index (κ3) is 5.22. The Morgan fingerprint density at radius 1 is 1.36 bits per heavy atom. The van der Waals surface area contributed by atoms with Gasteiger partial charge < -0.3 is 20.1 Å². The highest BCUT2D eigenvalue weighted by atomic mass is 16.5. The Morgan fingerprint density at radius 2 is 2.00 bits per heavy atom. The van der Waals surface area contributed by atoms with Crippen LogP contribution in [0.2, 0.25) is 0 Å². The van der Waals surface area contributed by atoms with Crippen molar-refractivity contribution in [2.45, 2.75) is 39.2 Å². The van der Waals surface area contributed by atoms with Crippen LogP contribution in [0.25, 0.3) is 0 Å². The predicted octanol–water partition coefficient (Wildman–Crippen LogP) is 2.39. The fourth-order valence-corrected chi connectivity index (χ4v) is 1.98. The summed E-state index contributed by atoms with van der Waals surface area (Å²) in [6.45, 7) is 8.97. The number of nitrogens with one attached hydrogen (secondary N) is 1. The first-order valence-corrected chi connectivity index (χ1v) is 7.61. The van der Waals surface area contributed by atoms with E-state index >= 15 is 0 Å². The van der Waals surface area contributed by atoms with Gasteiger partial charge in [0.25, 0.3) is 0 Å². The van der Waals surface area contributed by atoms with Crippen molar-refractivity contribution in [1.82, 2.24) is 10.2 Å². The van der Waals surface area contributed by atoms with Crippen LogP contribution < -0.4 is 10.1 Å². The lowest BCUT2D eigenvalue weighted by Crippen LogP contribution is -2.44. The molecule has 124 valence electrons. The minimum atomic E-state index is -0.214. The number of amides is 2. The molecule has 5 nitrogen and oxygen atoms in total. The Morgan fingerprint density at radius 3 is 2.59 bits per heavy atom. The highest BCUT2D eigenvalue weighted by Gasteiger charge is 2.18. The molecule has 0 aliphatic rings. The molecule has 0 bridgehead atoms. The molecule has 0 fully saturated rings. The minimum Gasteiger partial charge on any atom is -0.491 e. The van der Waals surface area contributed by atoms with E-state index in [0.29, 0.717) is 13.2 Å². The fraction of sp³-hybridized carbons (Fsp3) is 0.588. The molecule has 1 unspecified atom stereocenters. The van der Waals surface area contributed by atoms with Crippen LogP contribution in [0.4, 0.5) is 4.79 Å². The first-order chi connectivity index (χ1) is 10.3. The third-order valence-corrected chi connectivity index (χ3v) is 3.58. The van der Waals surface area contributed by atoms with Gasteiger partial charge in [-0.2, -0.15) is 0 Å². The number of nitrogens with zero attached hydrogens (tertiary/aromatic N) is 1. The van der Waals surface area contributed by atoms with E-state index in [1.54, 1.807) is 14.0 Å². The van der Waals surface area contributed by atoms with Gasteiger partial charge in [0, 0.05) is 7.05 Å². The van der Waals surface area contributed by atoms with Crippen molar-refractivity contribution in [3.63, 3.8) is 0 Å². The topological polar surface area (TPSA) is 61.8 Å². The molecule has 1 aromatic carbocycles. The number of hydrogen-bond acceptors (Lipinski definition) is 3. The third-order valence-electron chi connectivity index (χ3n) is 3.58. The number of carbonyl (C=O) groups excluding carboxylic acids is 1. The molecule has 0 saturated heterocycles. The van der Waals surface area contributed by atoms with Crippen LogP contribution in [0.5, 0.6) is 5.75 Å². The van der Waals surface area contributed by atoms with E-state index in [9.17, 15) is 4.79 Å². The molecule has 0 radical (unpaired) electrons. The molecule has 0 saturated carbocycles. The minimum absolute atomic E-state index is 0.0105. The lowest BCUT2D eigenvalue weighted by molar-refractivity contribution is 0.156. The quantitative estimate of drug-likeness (QED) is 0.793. The van der Waals surface area contributed by atoms with Crippen molar-refractivity contribution in [2.75, 3.05) is 26.8 Å². The number of aliphatic hydroxyl groups excluding tert-OH is 1. The lowest BCUT2D eigenvalue weighted by atomic mass is 9.86. The second-order valence-corrected chi connectivity index (χ2v) is 6.47. The highest BCUT2D eigenvalue weighted by molar-refractivity contribution is 5.74. The molecule has 0 heterocycles. The maximum Gasteiger partial charge on any atom is 0.317 e. The van der Waals surface area contributed by atoms with Crippen molar-refractivity contribution >= 4 is 6.03 Å². The number of para-hydroxylation sites is 1. The Labute approximate surface area is 133 Å². The van der Waals surface area contributed by atoms with Gasteiger partial charge in [0.05, 0.1) is 19.2 Å². The Kier molecular flexibility index (Phi) is 6.68. The molecule has 1 aromatic rings. The van der Waals surface area contributed by atoms with Gasteiger partial charge in [-0.3, -0.25) is 0 Å². The standard InChI is InChI=1S/C17H28N2O3/c1-13(12-20)19(5)16(21)18-10-11-22-15-9-7-6-8-14(15)17(2,3)4/h6-9,13,20H,10-12H2,1-5H3,(H,18,21). The summed E-state index contributed by atoms with van der Waals surface area (Å²) >= 11 is 0. The zero-order valence-electron chi connectivity index (χ0n) is 14.2. The van der Waals surface area contributed by atoms with E-state index < -0.39 is 0 Å².